The molecule has 0 aliphatic carbocycles. The molecule has 0 saturated heterocycles. The first kappa shape index (κ1) is 17.5. The zero-order valence-electron chi connectivity index (χ0n) is 13.9. The molecular formula is C19H17Cl2N3O. The van der Waals surface area contributed by atoms with Gasteiger partial charge in [-0.2, -0.15) is 5.10 Å². The molecule has 0 aliphatic rings. The van der Waals surface area contributed by atoms with Crippen molar-refractivity contribution in [2.45, 2.75) is 20.4 Å². The third kappa shape index (κ3) is 4.03. The van der Waals surface area contributed by atoms with Crippen LogP contribution in [0.4, 0.5) is 5.82 Å². The maximum atomic E-state index is 12.5. The largest absolute Gasteiger partial charge is 0.304 e. The molecule has 6 heteroatoms. The molecular weight excluding hydrogens is 357 g/mol. The molecule has 1 aromatic heterocycles. The highest BCUT2D eigenvalue weighted by Gasteiger charge is 2.14. The Bertz CT molecular complexity index is 934. The smallest absolute Gasteiger partial charge is 0.257 e. The summed E-state index contributed by atoms with van der Waals surface area (Å²) in [5.41, 5.74) is 3.54. The first-order valence-electron chi connectivity index (χ1n) is 7.79. The number of nitrogens with one attached hydrogen (secondary N) is 1. The Kier molecular flexibility index (Phi) is 5.11. The van der Waals surface area contributed by atoms with Gasteiger partial charge >= 0.3 is 0 Å². The van der Waals surface area contributed by atoms with Crippen LogP contribution in [0.3, 0.4) is 0 Å². The summed E-state index contributed by atoms with van der Waals surface area (Å²) in [7, 11) is 0. The Morgan fingerprint density at radius 2 is 1.88 bits per heavy atom. The number of anilines is 1. The number of rotatable bonds is 4. The van der Waals surface area contributed by atoms with Crippen molar-refractivity contribution in [2.24, 2.45) is 0 Å². The molecule has 3 aromatic rings. The average Bonchev–Trinajstić information content (AvgIpc) is 2.89. The molecule has 0 saturated carbocycles. The van der Waals surface area contributed by atoms with Crippen LogP contribution in [0.15, 0.2) is 48.7 Å². The number of carbonyl (C=O) groups excluding carboxylic acids is 1. The Labute approximate surface area is 156 Å². The summed E-state index contributed by atoms with van der Waals surface area (Å²) in [6.45, 7) is 4.36. The normalized spacial score (nSPS) is 10.7. The molecule has 25 heavy (non-hydrogen) atoms. The van der Waals surface area contributed by atoms with Crippen molar-refractivity contribution in [3.05, 3.63) is 81.0 Å². The molecule has 1 N–H and O–H groups in total. The van der Waals surface area contributed by atoms with E-state index in [1.165, 1.54) is 0 Å². The molecule has 2 aromatic carbocycles. The molecule has 4 nitrogen and oxygen atoms in total. The summed E-state index contributed by atoms with van der Waals surface area (Å²) < 4.78 is 1.65. The minimum atomic E-state index is -0.234. The molecule has 0 unspecified atom stereocenters. The maximum Gasteiger partial charge on any atom is 0.257 e. The number of halogens is 2. The predicted octanol–water partition coefficient (Wildman–Crippen LogP) is 5.11. The fourth-order valence-corrected chi connectivity index (χ4v) is 3.00. The SMILES string of the molecule is Cc1ccc(C(=O)Nc2nn(Cc3ccccc3Cl)cc2Cl)c(C)c1. The van der Waals surface area contributed by atoms with E-state index in [9.17, 15) is 4.79 Å². The van der Waals surface area contributed by atoms with Gasteiger partial charge < -0.3 is 5.32 Å². The summed E-state index contributed by atoms with van der Waals surface area (Å²) >= 11 is 12.4. The lowest BCUT2D eigenvalue weighted by Crippen LogP contribution is -2.14. The molecule has 1 heterocycles. The van der Waals surface area contributed by atoms with Crippen molar-refractivity contribution in [1.82, 2.24) is 9.78 Å². The molecule has 0 fully saturated rings. The van der Waals surface area contributed by atoms with Gasteiger partial charge in [0.25, 0.3) is 5.91 Å². The number of benzene rings is 2. The third-order valence-corrected chi connectivity index (χ3v) is 4.51. The van der Waals surface area contributed by atoms with Gasteiger partial charge in [0.05, 0.1) is 6.54 Å². The average molecular weight is 374 g/mol. The van der Waals surface area contributed by atoms with Crippen LogP contribution in [-0.4, -0.2) is 15.7 Å². The Morgan fingerprint density at radius 3 is 2.60 bits per heavy atom. The van der Waals surface area contributed by atoms with Crippen molar-refractivity contribution < 1.29 is 4.79 Å². The molecule has 0 aliphatic heterocycles. The molecule has 0 spiro atoms. The number of hydrogen-bond donors (Lipinski definition) is 1. The summed E-state index contributed by atoms with van der Waals surface area (Å²) in [4.78, 5) is 12.5. The topological polar surface area (TPSA) is 46.9 Å². The van der Waals surface area contributed by atoms with Gasteiger partial charge in [0.1, 0.15) is 5.02 Å². The monoisotopic (exact) mass is 373 g/mol. The molecule has 0 atom stereocenters. The lowest BCUT2D eigenvalue weighted by atomic mass is 10.1. The van der Waals surface area contributed by atoms with Crippen LogP contribution in [0.5, 0.6) is 0 Å². The second-order valence-electron chi connectivity index (χ2n) is 5.89. The highest BCUT2D eigenvalue weighted by Crippen LogP contribution is 2.23. The van der Waals surface area contributed by atoms with Gasteiger partial charge in [-0.15, -0.1) is 0 Å². The number of hydrogen-bond acceptors (Lipinski definition) is 2. The fraction of sp³-hybridized carbons (Fsp3) is 0.158. The summed E-state index contributed by atoms with van der Waals surface area (Å²) in [6.07, 6.45) is 1.67. The molecule has 0 radical (unpaired) electrons. The molecule has 128 valence electrons. The molecule has 0 bridgehead atoms. The van der Waals surface area contributed by atoms with Crippen molar-refractivity contribution in [1.29, 1.82) is 0 Å². The minimum absolute atomic E-state index is 0.234. The van der Waals surface area contributed by atoms with Gasteiger partial charge in [0.2, 0.25) is 0 Å². The number of aryl methyl sites for hydroxylation is 2. The fourth-order valence-electron chi connectivity index (χ4n) is 2.61. The summed E-state index contributed by atoms with van der Waals surface area (Å²) in [5.74, 6) is 0.0982. The number of nitrogens with zero attached hydrogens (tertiary/aromatic N) is 2. The van der Waals surface area contributed by atoms with Gasteiger partial charge in [-0.25, -0.2) is 0 Å². The van der Waals surface area contributed by atoms with Crippen LogP contribution in [0, 0.1) is 13.8 Å². The predicted molar refractivity (Wildman–Crippen MR) is 102 cm³/mol. The number of amides is 1. The Hall–Kier alpha value is -2.30. The third-order valence-electron chi connectivity index (χ3n) is 3.87. The van der Waals surface area contributed by atoms with Crippen LogP contribution in [0.1, 0.15) is 27.0 Å². The van der Waals surface area contributed by atoms with Crippen molar-refractivity contribution in [3.8, 4) is 0 Å². The van der Waals surface area contributed by atoms with Gasteiger partial charge in [-0.1, -0.05) is 59.1 Å². The lowest BCUT2D eigenvalue weighted by Gasteiger charge is -2.07. The highest BCUT2D eigenvalue weighted by atomic mass is 35.5. The number of carbonyl (C=O) groups is 1. The van der Waals surface area contributed by atoms with Crippen LogP contribution < -0.4 is 5.32 Å². The van der Waals surface area contributed by atoms with Gasteiger partial charge in [-0.05, 0) is 37.1 Å². The zero-order valence-corrected chi connectivity index (χ0v) is 15.4. The molecule has 3 rings (SSSR count). The van der Waals surface area contributed by atoms with Crippen molar-refractivity contribution >= 4 is 34.9 Å². The second-order valence-corrected chi connectivity index (χ2v) is 6.70. The maximum absolute atomic E-state index is 12.5. The Morgan fingerprint density at radius 1 is 1.12 bits per heavy atom. The van der Waals surface area contributed by atoms with Crippen LogP contribution in [0.2, 0.25) is 10.0 Å². The van der Waals surface area contributed by atoms with E-state index in [0.29, 0.717) is 28.0 Å². The minimum Gasteiger partial charge on any atom is -0.304 e. The van der Waals surface area contributed by atoms with Crippen molar-refractivity contribution in [2.75, 3.05) is 5.32 Å². The first-order chi connectivity index (χ1) is 11.9. The van der Waals surface area contributed by atoms with E-state index in [-0.39, 0.29) is 5.91 Å². The Balaban J connectivity index is 1.78. The summed E-state index contributed by atoms with van der Waals surface area (Å²) in [5, 5.41) is 8.17. The standard InChI is InChI=1S/C19H17Cl2N3O/c1-12-7-8-15(13(2)9-12)19(25)22-18-17(21)11-24(23-18)10-14-5-3-4-6-16(14)20/h3-9,11H,10H2,1-2H3,(H,22,23,25). The van der Waals surface area contributed by atoms with Gasteiger partial charge in [0, 0.05) is 16.8 Å². The lowest BCUT2D eigenvalue weighted by molar-refractivity contribution is 0.102. The highest BCUT2D eigenvalue weighted by molar-refractivity contribution is 6.33. The van der Waals surface area contributed by atoms with E-state index in [2.05, 4.69) is 10.4 Å². The van der Waals surface area contributed by atoms with E-state index in [0.717, 1.165) is 16.7 Å². The van der Waals surface area contributed by atoms with Crippen LogP contribution >= 0.6 is 23.2 Å². The van der Waals surface area contributed by atoms with Crippen LogP contribution in [0.25, 0.3) is 0 Å². The van der Waals surface area contributed by atoms with Gasteiger partial charge in [-0.3, -0.25) is 9.48 Å². The van der Waals surface area contributed by atoms with E-state index in [1.807, 2.05) is 50.2 Å². The number of aromatic nitrogens is 2. The second kappa shape index (κ2) is 7.30. The van der Waals surface area contributed by atoms with E-state index < -0.39 is 0 Å². The van der Waals surface area contributed by atoms with E-state index in [4.69, 9.17) is 23.2 Å². The van der Waals surface area contributed by atoms with E-state index in [1.54, 1.807) is 16.9 Å². The van der Waals surface area contributed by atoms with Gasteiger partial charge in [0.15, 0.2) is 5.82 Å². The van der Waals surface area contributed by atoms with Crippen molar-refractivity contribution in [3.63, 3.8) is 0 Å². The first-order valence-corrected chi connectivity index (χ1v) is 8.54. The summed E-state index contributed by atoms with van der Waals surface area (Å²) in [6, 6.07) is 13.2. The molecule has 1 amide bonds. The van der Waals surface area contributed by atoms with E-state index >= 15 is 0 Å². The zero-order chi connectivity index (χ0) is 18.0. The quantitative estimate of drug-likeness (QED) is 0.690. The van der Waals surface area contributed by atoms with Crippen LogP contribution in [-0.2, 0) is 6.54 Å².